The van der Waals surface area contributed by atoms with Crippen molar-refractivity contribution in [3.05, 3.63) is 53.4 Å². The number of rotatable bonds is 9. The Hall–Kier alpha value is -2.86. The molecule has 154 valence electrons. The van der Waals surface area contributed by atoms with E-state index in [9.17, 15) is 19.8 Å². The molecule has 0 fully saturated rings. The molecular formula is C23H27NO5. The average Bonchev–Trinajstić information content (AvgIpc) is 3.16. The van der Waals surface area contributed by atoms with Crippen LogP contribution in [0.25, 0.3) is 6.08 Å². The zero-order valence-corrected chi connectivity index (χ0v) is 16.7. The van der Waals surface area contributed by atoms with Gasteiger partial charge in [0.15, 0.2) is 11.5 Å². The number of hydrogen-bond donors (Lipinski definition) is 3. The number of nitrogens with one attached hydrogen (secondary N) is 1. The summed E-state index contributed by atoms with van der Waals surface area (Å²) in [5.74, 6) is -0.372. The lowest BCUT2D eigenvalue weighted by Crippen LogP contribution is -2.27. The average molecular weight is 397 g/mol. The summed E-state index contributed by atoms with van der Waals surface area (Å²) in [5, 5.41) is 19.5. The molecule has 1 aliphatic carbocycles. The van der Waals surface area contributed by atoms with E-state index in [2.05, 4.69) is 4.98 Å². The number of H-pyrrole nitrogens is 1. The van der Waals surface area contributed by atoms with Crippen LogP contribution < -0.4 is 4.74 Å². The van der Waals surface area contributed by atoms with Crippen molar-refractivity contribution in [1.29, 1.82) is 0 Å². The van der Waals surface area contributed by atoms with Gasteiger partial charge in [0.2, 0.25) is 0 Å². The first-order chi connectivity index (χ1) is 13.9. The Kier molecular flexibility index (Phi) is 6.54. The number of allylic oxidation sites excluding steroid dienone is 1. The highest BCUT2D eigenvalue weighted by molar-refractivity contribution is 6.01. The third-order valence-electron chi connectivity index (χ3n) is 5.39. The van der Waals surface area contributed by atoms with E-state index in [1.807, 2.05) is 24.4 Å². The van der Waals surface area contributed by atoms with Crippen LogP contribution in [0.1, 0.15) is 48.9 Å². The summed E-state index contributed by atoms with van der Waals surface area (Å²) in [4.78, 5) is 28.4. The number of Topliss-reactive ketones (excluding diaryl/α,β-unsaturated/α-hetero) is 2. The first kappa shape index (κ1) is 20.9. The fourth-order valence-corrected chi connectivity index (χ4v) is 3.92. The number of ketones is 2. The molecule has 1 aromatic heterocycles. The molecular weight excluding hydrogens is 370 g/mol. The minimum Gasteiger partial charge on any atom is -0.504 e. The van der Waals surface area contributed by atoms with Crippen molar-refractivity contribution in [2.45, 2.75) is 44.6 Å². The van der Waals surface area contributed by atoms with Gasteiger partial charge in [0.25, 0.3) is 0 Å². The van der Waals surface area contributed by atoms with E-state index in [1.165, 1.54) is 13.2 Å². The predicted octanol–water partition coefficient (Wildman–Crippen LogP) is 3.39. The molecule has 0 saturated carbocycles. The number of aliphatic hydroxyl groups excluding tert-OH is 1. The molecule has 6 heteroatoms. The monoisotopic (exact) mass is 397 g/mol. The Morgan fingerprint density at radius 2 is 2.07 bits per heavy atom. The molecule has 1 heterocycles. The van der Waals surface area contributed by atoms with Gasteiger partial charge in [0.05, 0.1) is 19.6 Å². The molecule has 0 bridgehead atoms. The Morgan fingerprint density at radius 3 is 2.79 bits per heavy atom. The second kappa shape index (κ2) is 9.09. The van der Waals surface area contributed by atoms with E-state index in [0.717, 1.165) is 16.8 Å². The van der Waals surface area contributed by atoms with Crippen molar-refractivity contribution < 1.29 is 24.5 Å². The van der Waals surface area contributed by atoms with Crippen molar-refractivity contribution >= 4 is 17.6 Å². The Balaban J connectivity index is 1.62. The van der Waals surface area contributed by atoms with Gasteiger partial charge in [-0.15, -0.1) is 0 Å². The topological polar surface area (TPSA) is 99.6 Å². The van der Waals surface area contributed by atoms with Crippen LogP contribution in [0, 0.1) is 5.92 Å². The SMILES string of the molecule is COc1cc(CCC(=O)CC(=O)C2C=Cc3[nH]ccc3C2CC(C)O)ccc1O. The van der Waals surface area contributed by atoms with Gasteiger partial charge in [-0.2, -0.15) is 0 Å². The molecule has 6 nitrogen and oxygen atoms in total. The van der Waals surface area contributed by atoms with Gasteiger partial charge in [-0.05, 0) is 55.2 Å². The fraction of sp³-hybridized carbons (Fsp3) is 0.391. The quantitative estimate of drug-likeness (QED) is 0.563. The summed E-state index contributed by atoms with van der Waals surface area (Å²) in [6.07, 6.45) is 6.07. The smallest absolute Gasteiger partial charge is 0.160 e. The highest BCUT2D eigenvalue weighted by Crippen LogP contribution is 2.38. The first-order valence-electron chi connectivity index (χ1n) is 9.83. The normalized spacial score (nSPS) is 18.9. The summed E-state index contributed by atoms with van der Waals surface area (Å²) in [6, 6.07) is 6.90. The van der Waals surface area contributed by atoms with E-state index >= 15 is 0 Å². The lowest BCUT2D eigenvalue weighted by molar-refractivity contribution is -0.128. The van der Waals surface area contributed by atoms with Crippen molar-refractivity contribution in [2.75, 3.05) is 7.11 Å². The van der Waals surface area contributed by atoms with Crippen LogP contribution >= 0.6 is 0 Å². The van der Waals surface area contributed by atoms with Gasteiger partial charge in [-0.3, -0.25) is 9.59 Å². The molecule has 0 aliphatic heterocycles. The molecule has 29 heavy (non-hydrogen) atoms. The highest BCUT2D eigenvalue weighted by atomic mass is 16.5. The van der Waals surface area contributed by atoms with E-state index < -0.39 is 12.0 Å². The number of aromatic nitrogens is 1. The number of ether oxygens (including phenoxy) is 1. The van der Waals surface area contributed by atoms with Crippen LogP contribution in [0.2, 0.25) is 0 Å². The van der Waals surface area contributed by atoms with Gasteiger partial charge in [-0.1, -0.05) is 12.1 Å². The number of phenolic OH excluding ortho intramolecular Hbond substituents is 1. The van der Waals surface area contributed by atoms with Gasteiger partial charge in [-0.25, -0.2) is 0 Å². The minimum atomic E-state index is -0.537. The van der Waals surface area contributed by atoms with Crippen LogP contribution in [0.15, 0.2) is 36.5 Å². The third-order valence-corrected chi connectivity index (χ3v) is 5.39. The summed E-state index contributed by atoms with van der Waals surface area (Å²) in [6.45, 7) is 1.71. The number of phenols is 1. The molecule has 0 amide bonds. The lowest BCUT2D eigenvalue weighted by atomic mass is 9.75. The molecule has 0 spiro atoms. The number of aromatic hydroxyl groups is 1. The van der Waals surface area contributed by atoms with Crippen molar-refractivity contribution in [3.63, 3.8) is 0 Å². The number of carbonyl (C=O) groups is 2. The zero-order chi connectivity index (χ0) is 21.0. The van der Waals surface area contributed by atoms with Crippen molar-refractivity contribution in [3.8, 4) is 11.5 Å². The van der Waals surface area contributed by atoms with Crippen LogP contribution in [0.4, 0.5) is 0 Å². The summed E-state index contributed by atoms with van der Waals surface area (Å²) in [5.41, 5.74) is 2.82. The number of hydrogen-bond acceptors (Lipinski definition) is 5. The Bertz CT molecular complexity index is 912. The number of methoxy groups -OCH3 is 1. The fourth-order valence-electron chi connectivity index (χ4n) is 3.92. The second-order valence-electron chi connectivity index (χ2n) is 7.61. The van der Waals surface area contributed by atoms with E-state index in [0.29, 0.717) is 18.6 Å². The molecule has 3 unspecified atom stereocenters. The molecule has 1 aromatic carbocycles. The number of fused-ring (bicyclic) bond motifs is 1. The Morgan fingerprint density at radius 1 is 1.28 bits per heavy atom. The first-order valence-corrected chi connectivity index (χ1v) is 9.83. The summed E-state index contributed by atoms with van der Waals surface area (Å²) < 4.78 is 5.08. The minimum absolute atomic E-state index is 0.0510. The molecule has 0 radical (unpaired) electrons. The number of carbonyl (C=O) groups excluding carboxylic acids is 2. The van der Waals surface area contributed by atoms with E-state index in [4.69, 9.17) is 4.74 Å². The molecule has 1 aliphatic rings. The number of benzene rings is 1. The Labute approximate surface area is 170 Å². The zero-order valence-electron chi connectivity index (χ0n) is 16.7. The number of aromatic amines is 1. The molecule has 0 saturated heterocycles. The van der Waals surface area contributed by atoms with Crippen LogP contribution in [0.3, 0.4) is 0 Å². The maximum atomic E-state index is 12.9. The lowest BCUT2D eigenvalue weighted by Gasteiger charge is -2.28. The molecule has 3 atom stereocenters. The van der Waals surface area contributed by atoms with Crippen LogP contribution in [-0.4, -0.2) is 40.0 Å². The number of aliphatic hydroxyl groups is 1. The van der Waals surface area contributed by atoms with Crippen molar-refractivity contribution in [1.82, 2.24) is 4.98 Å². The van der Waals surface area contributed by atoms with E-state index in [1.54, 1.807) is 19.1 Å². The van der Waals surface area contributed by atoms with Gasteiger partial charge < -0.3 is 19.9 Å². The predicted molar refractivity (Wildman–Crippen MR) is 110 cm³/mol. The summed E-state index contributed by atoms with van der Waals surface area (Å²) in [7, 11) is 1.47. The molecule has 3 rings (SSSR count). The second-order valence-corrected chi connectivity index (χ2v) is 7.61. The number of aryl methyl sites for hydroxylation is 1. The van der Waals surface area contributed by atoms with Gasteiger partial charge in [0, 0.05) is 30.1 Å². The third kappa shape index (κ3) is 4.95. The standard InChI is InChI=1S/C23H27NO5/c1-14(25)11-19-17-9-10-24-20(17)7-6-18(19)22(28)13-16(26)5-3-15-4-8-21(27)23(12-15)29-2/h4,6-10,12,14,18-19,24-25,27H,3,5,11,13H2,1-2H3. The highest BCUT2D eigenvalue weighted by Gasteiger charge is 2.33. The van der Waals surface area contributed by atoms with Gasteiger partial charge >= 0.3 is 0 Å². The maximum absolute atomic E-state index is 12.9. The summed E-state index contributed by atoms with van der Waals surface area (Å²) >= 11 is 0. The molecule has 3 N–H and O–H groups in total. The van der Waals surface area contributed by atoms with Crippen molar-refractivity contribution in [2.24, 2.45) is 5.92 Å². The van der Waals surface area contributed by atoms with E-state index in [-0.39, 0.29) is 36.1 Å². The largest absolute Gasteiger partial charge is 0.504 e. The van der Waals surface area contributed by atoms with Crippen LogP contribution in [-0.2, 0) is 16.0 Å². The van der Waals surface area contributed by atoms with Gasteiger partial charge in [0.1, 0.15) is 11.6 Å². The van der Waals surface area contributed by atoms with Crippen LogP contribution in [0.5, 0.6) is 11.5 Å². The molecule has 2 aromatic rings. The maximum Gasteiger partial charge on any atom is 0.160 e.